The van der Waals surface area contributed by atoms with Crippen LogP contribution in [0, 0.1) is 6.92 Å². The summed E-state index contributed by atoms with van der Waals surface area (Å²) in [5.41, 5.74) is 7.74. The topological polar surface area (TPSA) is 36.1 Å². The van der Waals surface area contributed by atoms with E-state index in [1.54, 1.807) is 6.92 Å². The summed E-state index contributed by atoms with van der Waals surface area (Å²) in [5, 5.41) is 2.36. The Hall–Kier alpha value is -1.64. The predicted octanol–water partition coefficient (Wildman–Crippen LogP) is 5.52. The van der Waals surface area contributed by atoms with Crippen molar-refractivity contribution in [3.63, 3.8) is 0 Å². The number of fused-ring (bicyclic) bond motifs is 2. The molecule has 157 valence electrons. The van der Waals surface area contributed by atoms with E-state index in [2.05, 4.69) is 63.4 Å². The van der Waals surface area contributed by atoms with Gasteiger partial charge in [-0.2, -0.15) is 6.20 Å². The summed E-state index contributed by atoms with van der Waals surface area (Å²) in [6.07, 6.45) is 1.90. The van der Waals surface area contributed by atoms with Crippen LogP contribution in [0.15, 0.2) is 42.6 Å². The van der Waals surface area contributed by atoms with Crippen LogP contribution in [0.3, 0.4) is 0 Å². The number of carbonyl (C=O) groups is 1. The summed E-state index contributed by atoms with van der Waals surface area (Å²) < 4.78 is 2.24. The molecule has 0 atom stereocenters. The van der Waals surface area contributed by atoms with Gasteiger partial charge in [0.15, 0.2) is 5.78 Å². The zero-order valence-electron chi connectivity index (χ0n) is 19.7. The van der Waals surface area contributed by atoms with Crippen LogP contribution in [-0.4, -0.2) is 18.2 Å². The standard InChI is InChI=1S/C13H16BN.C13H15NO.Y/c1-8(2)12-7-11(14)6-10-5-9(3)15(4)13(10)12;1-8(2)12-7-14-13-5-4-10(9(3)15)6-11(12)13;/h5-8H,1-4H3;4-8H,1-3H3,(H,14,15);/p-1. The van der Waals surface area contributed by atoms with Gasteiger partial charge in [0.05, 0.1) is 5.52 Å². The molecule has 4 rings (SSSR count). The maximum absolute atomic E-state index is 11.3. The Morgan fingerprint density at radius 2 is 1.65 bits per heavy atom. The third-order valence-corrected chi connectivity index (χ3v) is 5.72. The van der Waals surface area contributed by atoms with Crippen LogP contribution in [-0.2, 0) is 39.8 Å². The molecule has 0 unspecified atom stereocenters. The smallest absolute Gasteiger partial charge is 0.159 e. The molecule has 3 radical (unpaired) electrons. The van der Waals surface area contributed by atoms with E-state index in [1.165, 1.54) is 27.7 Å². The largest absolute Gasteiger partial charge is 0.663 e. The number of hydrogen-bond acceptors (Lipinski definition) is 1. The fraction of sp³-hybridized carbons (Fsp3) is 0.346. The molecule has 0 N–H and O–H groups in total. The Morgan fingerprint density at radius 3 is 2.23 bits per heavy atom. The molecular weight excluding hydrogens is 456 g/mol. The fourth-order valence-corrected chi connectivity index (χ4v) is 3.91. The minimum absolute atomic E-state index is 0. The van der Waals surface area contributed by atoms with E-state index in [1.807, 2.05) is 30.5 Å². The van der Waals surface area contributed by atoms with Crippen molar-refractivity contribution in [1.82, 2.24) is 9.55 Å². The minimum Gasteiger partial charge on any atom is -0.663 e. The molecule has 3 nitrogen and oxygen atoms in total. The molecule has 31 heavy (non-hydrogen) atoms. The van der Waals surface area contributed by atoms with Crippen molar-refractivity contribution in [1.29, 1.82) is 0 Å². The molecule has 0 saturated carbocycles. The van der Waals surface area contributed by atoms with Gasteiger partial charge >= 0.3 is 0 Å². The Kier molecular flexibility index (Phi) is 8.53. The number of ketones is 1. The Labute approximate surface area is 212 Å². The molecule has 0 spiro atoms. The molecule has 0 bridgehead atoms. The first-order valence-corrected chi connectivity index (χ1v) is 10.5. The van der Waals surface area contributed by atoms with Gasteiger partial charge in [0, 0.05) is 51.0 Å². The molecule has 2 aromatic carbocycles. The number of nitrogens with zero attached hydrogens (tertiary/aromatic N) is 2. The van der Waals surface area contributed by atoms with Crippen molar-refractivity contribution in [3.05, 3.63) is 65.0 Å². The van der Waals surface area contributed by atoms with Gasteiger partial charge < -0.3 is 9.55 Å². The normalized spacial score (nSPS) is 11.0. The Morgan fingerprint density at radius 1 is 1.00 bits per heavy atom. The molecular formula is C26H30BN2OY-. The first-order chi connectivity index (χ1) is 14.1. The van der Waals surface area contributed by atoms with Gasteiger partial charge in [0.2, 0.25) is 0 Å². The van der Waals surface area contributed by atoms with E-state index < -0.39 is 0 Å². The van der Waals surface area contributed by atoms with E-state index in [4.69, 9.17) is 7.85 Å². The van der Waals surface area contributed by atoms with Crippen LogP contribution >= 0.6 is 0 Å². The zero-order chi connectivity index (χ0) is 22.2. The van der Waals surface area contributed by atoms with Crippen LogP contribution in [0.25, 0.3) is 21.8 Å². The second-order valence-electron chi connectivity index (χ2n) is 8.70. The zero-order valence-corrected chi connectivity index (χ0v) is 22.5. The molecule has 0 aliphatic carbocycles. The second kappa shape index (κ2) is 10.3. The van der Waals surface area contributed by atoms with Crippen LogP contribution < -0.4 is 10.4 Å². The number of rotatable bonds is 3. The summed E-state index contributed by atoms with van der Waals surface area (Å²) in [6.45, 7) is 12.4. The molecule has 4 aromatic rings. The molecule has 5 heteroatoms. The van der Waals surface area contributed by atoms with Crippen molar-refractivity contribution in [2.45, 2.75) is 53.4 Å². The summed E-state index contributed by atoms with van der Waals surface area (Å²) in [5.74, 6) is 1.05. The van der Waals surface area contributed by atoms with Crippen molar-refractivity contribution in [3.8, 4) is 0 Å². The number of aromatic nitrogens is 2. The third kappa shape index (κ3) is 5.41. The van der Waals surface area contributed by atoms with Gasteiger partial charge in [-0.3, -0.25) is 4.79 Å². The molecule has 0 saturated heterocycles. The predicted molar refractivity (Wildman–Crippen MR) is 128 cm³/mol. The molecule has 0 aliphatic heterocycles. The number of benzene rings is 2. The number of hydrogen-bond donors (Lipinski definition) is 0. The number of carbonyl (C=O) groups excluding carboxylic acids is 1. The van der Waals surface area contributed by atoms with Crippen LogP contribution in [0.1, 0.15) is 73.6 Å². The second-order valence-corrected chi connectivity index (χ2v) is 8.70. The average Bonchev–Trinajstić information content (AvgIpc) is 3.22. The van der Waals surface area contributed by atoms with Gasteiger partial charge in [-0.25, -0.2) is 0 Å². The fourth-order valence-electron chi connectivity index (χ4n) is 3.91. The maximum Gasteiger partial charge on any atom is 0.159 e. The Bertz CT molecular complexity index is 1220. The van der Waals surface area contributed by atoms with E-state index in [0.29, 0.717) is 11.8 Å². The monoisotopic (exact) mass is 486 g/mol. The van der Waals surface area contributed by atoms with Crippen molar-refractivity contribution < 1.29 is 37.5 Å². The van der Waals surface area contributed by atoms with Gasteiger partial charge in [0.25, 0.3) is 0 Å². The van der Waals surface area contributed by atoms with E-state index in [9.17, 15) is 4.79 Å². The van der Waals surface area contributed by atoms with Gasteiger partial charge in [-0.05, 0) is 54.2 Å². The number of Topliss-reactive ketones (excluding diaryl/α,β-unsaturated/α-hetero) is 1. The SMILES string of the molecule is CC(=O)c1ccc2[n-]cc(C(C)C)c2c1.[B]c1cc(C(C)C)c2c(c1)cc(C)n2C.[Y]. The summed E-state index contributed by atoms with van der Waals surface area (Å²) >= 11 is 0. The van der Waals surface area contributed by atoms with E-state index in [-0.39, 0.29) is 38.5 Å². The summed E-state index contributed by atoms with van der Waals surface area (Å²) in [4.78, 5) is 15.6. The molecule has 2 heterocycles. The third-order valence-electron chi connectivity index (χ3n) is 5.72. The molecule has 0 aliphatic rings. The first kappa shape index (κ1) is 25.6. The first-order valence-electron chi connectivity index (χ1n) is 10.5. The molecule has 0 fully saturated rings. The van der Waals surface area contributed by atoms with Crippen molar-refractivity contribution in [2.75, 3.05) is 0 Å². The van der Waals surface area contributed by atoms with Crippen molar-refractivity contribution >= 4 is 40.9 Å². The van der Waals surface area contributed by atoms with Gasteiger partial charge in [-0.15, -0.1) is 5.52 Å². The van der Waals surface area contributed by atoms with Crippen molar-refractivity contribution in [2.24, 2.45) is 7.05 Å². The van der Waals surface area contributed by atoms with Crippen LogP contribution in [0.5, 0.6) is 0 Å². The van der Waals surface area contributed by atoms with E-state index >= 15 is 0 Å². The Balaban J connectivity index is 0.000000213. The van der Waals surface area contributed by atoms with Gasteiger partial charge in [0.1, 0.15) is 7.85 Å². The molecule has 0 amide bonds. The maximum atomic E-state index is 11.3. The minimum atomic E-state index is 0. The van der Waals surface area contributed by atoms with Gasteiger partial charge in [-0.1, -0.05) is 63.0 Å². The average molecular weight is 486 g/mol. The quantitative estimate of drug-likeness (QED) is 0.282. The molecule has 2 aromatic heterocycles. The summed E-state index contributed by atoms with van der Waals surface area (Å²) in [7, 11) is 8.02. The van der Waals surface area contributed by atoms with Crippen LogP contribution in [0.2, 0.25) is 0 Å². The van der Waals surface area contributed by atoms with E-state index in [0.717, 1.165) is 21.9 Å². The van der Waals surface area contributed by atoms with Crippen LogP contribution in [0.4, 0.5) is 0 Å². The summed E-state index contributed by atoms with van der Waals surface area (Å²) in [6, 6.07) is 12.0. The number of aryl methyl sites for hydroxylation is 2.